The number of rotatable bonds is 4. The van der Waals surface area contributed by atoms with Crippen molar-refractivity contribution in [1.29, 1.82) is 0 Å². The molecule has 0 radical (unpaired) electrons. The molecule has 1 N–H and O–H groups in total. The number of nitrogens with one attached hydrogen (secondary N) is 1. The predicted molar refractivity (Wildman–Crippen MR) is 80.1 cm³/mol. The van der Waals surface area contributed by atoms with Crippen molar-refractivity contribution in [2.75, 3.05) is 13.6 Å². The lowest BCUT2D eigenvalue weighted by molar-refractivity contribution is -0.123. The molecule has 20 heavy (non-hydrogen) atoms. The third kappa shape index (κ3) is 2.89. The molecule has 110 valence electrons. The quantitative estimate of drug-likeness (QED) is 0.827. The summed E-state index contributed by atoms with van der Waals surface area (Å²) in [7, 11) is -2.09. The van der Waals surface area contributed by atoms with Crippen LogP contribution in [0.3, 0.4) is 0 Å². The molecule has 7 heteroatoms. The number of likely N-dealkylation sites (N-methyl/N-ethyl adjacent to an activating group) is 1. The summed E-state index contributed by atoms with van der Waals surface area (Å²) in [5.74, 6) is -0.247. The minimum absolute atomic E-state index is 0.234. The van der Waals surface area contributed by atoms with E-state index in [0.29, 0.717) is 24.7 Å². The number of carbonyl (C=O) groups excluding carboxylic acids is 1. The Morgan fingerprint density at radius 1 is 1.40 bits per heavy atom. The van der Waals surface area contributed by atoms with E-state index in [9.17, 15) is 13.2 Å². The second-order valence-electron chi connectivity index (χ2n) is 4.67. The van der Waals surface area contributed by atoms with Crippen molar-refractivity contribution in [1.82, 2.24) is 9.62 Å². The van der Waals surface area contributed by atoms with Gasteiger partial charge in [-0.2, -0.15) is 4.31 Å². The highest BCUT2D eigenvalue weighted by Gasteiger charge is 2.38. The average molecular weight is 361 g/mol. The van der Waals surface area contributed by atoms with Crippen molar-refractivity contribution in [2.24, 2.45) is 0 Å². The van der Waals surface area contributed by atoms with E-state index in [0.717, 1.165) is 5.56 Å². The molecule has 5 nitrogen and oxygen atoms in total. The molecule has 1 heterocycles. The summed E-state index contributed by atoms with van der Waals surface area (Å²) in [6.07, 6.45) is 1.27. The normalized spacial score (nSPS) is 20.0. The molecule has 0 saturated carbocycles. The Morgan fingerprint density at radius 2 is 2.05 bits per heavy atom. The summed E-state index contributed by atoms with van der Waals surface area (Å²) in [5, 5.41) is 3.21. The number of carbonyl (C=O) groups is 1. The number of nitrogens with zero attached hydrogens (tertiary/aromatic N) is 1. The van der Waals surface area contributed by atoms with Crippen molar-refractivity contribution in [3.63, 3.8) is 0 Å². The Bertz CT molecular complexity index is 586. The van der Waals surface area contributed by atoms with Gasteiger partial charge < -0.3 is 5.32 Å². The smallest absolute Gasteiger partial charge is 0.243 e. The van der Waals surface area contributed by atoms with Gasteiger partial charge in [0.15, 0.2) is 0 Å². The van der Waals surface area contributed by atoms with E-state index in [1.165, 1.54) is 11.4 Å². The van der Waals surface area contributed by atoms with E-state index in [4.69, 9.17) is 0 Å². The molecule has 1 aliphatic rings. The monoisotopic (exact) mass is 360 g/mol. The Balaban J connectivity index is 2.31. The van der Waals surface area contributed by atoms with Gasteiger partial charge in [0.1, 0.15) is 6.04 Å². The minimum Gasteiger partial charge on any atom is -0.358 e. The van der Waals surface area contributed by atoms with E-state index in [1.807, 2.05) is 0 Å². The van der Waals surface area contributed by atoms with Crippen LogP contribution in [0, 0.1) is 0 Å². The van der Waals surface area contributed by atoms with Crippen LogP contribution in [0.4, 0.5) is 0 Å². The molecule has 1 atom stereocenters. The van der Waals surface area contributed by atoms with Crippen LogP contribution < -0.4 is 5.32 Å². The molecule has 2 rings (SSSR count). The summed E-state index contributed by atoms with van der Waals surface area (Å²) in [5.41, 5.74) is 1.01. The van der Waals surface area contributed by atoms with E-state index >= 15 is 0 Å². The third-order valence-electron chi connectivity index (χ3n) is 3.44. The first-order valence-corrected chi connectivity index (χ1v) is 8.95. The lowest BCUT2D eigenvalue weighted by Crippen LogP contribution is -2.44. The van der Waals surface area contributed by atoms with Crippen LogP contribution in [0.1, 0.15) is 18.4 Å². The van der Waals surface area contributed by atoms with Gasteiger partial charge in [-0.1, -0.05) is 28.1 Å². The number of benzene rings is 1. The Kier molecular flexibility index (Phi) is 4.82. The molecule has 1 aromatic rings. The minimum atomic E-state index is -3.61. The molecule has 1 aromatic carbocycles. The fourth-order valence-corrected chi connectivity index (χ4v) is 4.37. The molecule has 1 fully saturated rings. The molecule has 0 bridgehead atoms. The van der Waals surface area contributed by atoms with Crippen molar-refractivity contribution in [3.05, 3.63) is 29.8 Å². The number of hydrogen-bond acceptors (Lipinski definition) is 3. The molecular formula is C13H17BrN2O3S. The molecular weight excluding hydrogens is 344 g/mol. The molecule has 1 saturated heterocycles. The van der Waals surface area contributed by atoms with Crippen LogP contribution >= 0.6 is 15.9 Å². The van der Waals surface area contributed by atoms with Crippen LogP contribution in [0.25, 0.3) is 0 Å². The van der Waals surface area contributed by atoms with Crippen LogP contribution in [0.15, 0.2) is 29.2 Å². The predicted octanol–water partition coefficient (Wildman–Crippen LogP) is 1.48. The second-order valence-corrected chi connectivity index (χ2v) is 7.12. The first-order chi connectivity index (χ1) is 9.50. The van der Waals surface area contributed by atoms with Gasteiger partial charge in [0.2, 0.25) is 15.9 Å². The zero-order valence-corrected chi connectivity index (χ0v) is 13.6. The first kappa shape index (κ1) is 15.5. The third-order valence-corrected chi connectivity index (χ3v) is 6.01. The number of amides is 1. The Labute approximate surface area is 127 Å². The zero-order chi connectivity index (χ0) is 14.8. The lowest BCUT2D eigenvalue weighted by atomic mass is 10.2. The summed E-state index contributed by atoms with van der Waals surface area (Å²) in [6.45, 7) is 0.389. The van der Waals surface area contributed by atoms with Gasteiger partial charge in [0.05, 0.1) is 4.90 Å². The SMILES string of the molecule is CNC(=O)C1CCCN1S(=O)(=O)c1ccc(CBr)cc1. The highest BCUT2D eigenvalue weighted by atomic mass is 79.9. The maximum absolute atomic E-state index is 12.6. The largest absolute Gasteiger partial charge is 0.358 e. The van der Waals surface area contributed by atoms with Crippen LogP contribution in [-0.4, -0.2) is 38.3 Å². The van der Waals surface area contributed by atoms with Gasteiger partial charge in [0.25, 0.3) is 0 Å². The number of hydrogen-bond donors (Lipinski definition) is 1. The van der Waals surface area contributed by atoms with E-state index in [1.54, 1.807) is 24.3 Å². The van der Waals surface area contributed by atoms with Gasteiger partial charge in [-0.3, -0.25) is 4.79 Å². The summed E-state index contributed by atoms with van der Waals surface area (Å²) < 4.78 is 26.5. The average Bonchev–Trinajstić information content (AvgIpc) is 2.96. The fourth-order valence-electron chi connectivity index (χ4n) is 2.34. The van der Waals surface area contributed by atoms with Crippen molar-refractivity contribution in [3.8, 4) is 0 Å². The standard InChI is InChI=1S/C13H17BrN2O3S/c1-15-13(17)12-3-2-8-16(12)20(18,19)11-6-4-10(9-14)5-7-11/h4-7,12H,2-3,8-9H2,1H3,(H,15,17). The number of sulfonamides is 1. The van der Waals surface area contributed by atoms with Crippen molar-refractivity contribution in [2.45, 2.75) is 29.1 Å². The molecule has 0 aliphatic carbocycles. The molecule has 1 unspecified atom stereocenters. The highest BCUT2D eigenvalue weighted by Crippen LogP contribution is 2.26. The Hall–Kier alpha value is -0.920. The summed E-state index contributed by atoms with van der Waals surface area (Å²) in [4.78, 5) is 12.0. The van der Waals surface area contributed by atoms with Crippen LogP contribution in [-0.2, 0) is 20.1 Å². The summed E-state index contributed by atoms with van der Waals surface area (Å²) in [6, 6.07) is 6.12. The lowest BCUT2D eigenvalue weighted by Gasteiger charge is -2.22. The topological polar surface area (TPSA) is 66.5 Å². The first-order valence-electron chi connectivity index (χ1n) is 6.39. The zero-order valence-electron chi connectivity index (χ0n) is 11.2. The summed E-state index contributed by atoms with van der Waals surface area (Å²) >= 11 is 3.32. The van der Waals surface area contributed by atoms with Crippen LogP contribution in [0.2, 0.25) is 0 Å². The van der Waals surface area contributed by atoms with E-state index in [2.05, 4.69) is 21.2 Å². The van der Waals surface area contributed by atoms with Gasteiger partial charge in [0, 0.05) is 18.9 Å². The number of halogens is 1. The van der Waals surface area contributed by atoms with Crippen LogP contribution in [0.5, 0.6) is 0 Å². The molecule has 1 aliphatic heterocycles. The Morgan fingerprint density at radius 3 is 2.60 bits per heavy atom. The molecule has 0 spiro atoms. The molecule has 0 aromatic heterocycles. The molecule has 1 amide bonds. The van der Waals surface area contributed by atoms with Gasteiger partial charge in [-0.15, -0.1) is 0 Å². The van der Waals surface area contributed by atoms with Crippen molar-refractivity contribution >= 4 is 31.9 Å². The van der Waals surface area contributed by atoms with E-state index < -0.39 is 16.1 Å². The van der Waals surface area contributed by atoms with Gasteiger partial charge >= 0.3 is 0 Å². The van der Waals surface area contributed by atoms with Crippen molar-refractivity contribution < 1.29 is 13.2 Å². The van der Waals surface area contributed by atoms with Gasteiger partial charge in [-0.05, 0) is 30.5 Å². The highest BCUT2D eigenvalue weighted by molar-refractivity contribution is 9.08. The number of alkyl halides is 1. The maximum Gasteiger partial charge on any atom is 0.243 e. The second kappa shape index (κ2) is 6.24. The van der Waals surface area contributed by atoms with Gasteiger partial charge in [-0.25, -0.2) is 8.42 Å². The fraction of sp³-hybridized carbons (Fsp3) is 0.462. The van der Waals surface area contributed by atoms with E-state index in [-0.39, 0.29) is 10.8 Å². The maximum atomic E-state index is 12.6.